The Morgan fingerprint density at radius 3 is 2.39 bits per heavy atom. The quantitative estimate of drug-likeness (QED) is 0.896. The van der Waals surface area contributed by atoms with Crippen molar-refractivity contribution in [1.82, 2.24) is 14.7 Å². The molecule has 0 atom stereocenters. The molecule has 0 radical (unpaired) electrons. The zero-order valence-electron chi connectivity index (χ0n) is 11.8. The van der Waals surface area contributed by atoms with Crippen molar-refractivity contribution >= 4 is 10.0 Å². The summed E-state index contributed by atoms with van der Waals surface area (Å²) in [7, 11) is -3.88. The maximum absolute atomic E-state index is 12.1. The summed E-state index contributed by atoms with van der Waals surface area (Å²) in [6, 6.07) is 5.51. The van der Waals surface area contributed by atoms with Gasteiger partial charge in [0.1, 0.15) is 12.1 Å². The molecular formula is C13H12F3N3O3S. The summed E-state index contributed by atoms with van der Waals surface area (Å²) >= 11 is 0. The van der Waals surface area contributed by atoms with E-state index in [0.29, 0.717) is 11.4 Å². The van der Waals surface area contributed by atoms with Crippen molar-refractivity contribution in [3.63, 3.8) is 0 Å². The Morgan fingerprint density at radius 2 is 1.83 bits per heavy atom. The summed E-state index contributed by atoms with van der Waals surface area (Å²) in [6.45, 7) is 1.67. The molecule has 0 saturated carbocycles. The molecule has 0 aliphatic rings. The number of aromatic nitrogens is 2. The van der Waals surface area contributed by atoms with Gasteiger partial charge in [-0.25, -0.2) is 23.1 Å². The van der Waals surface area contributed by atoms with E-state index in [-0.39, 0.29) is 11.4 Å². The third-order valence-corrected chi connectivity index (χ3v) is 4.09. The summed E-state index contributed by atoms with van der Waals surface area (Å²) in [4.78, 5) is 7.61. The van der Waals surface area contributed by atoms with E-state index in [1.54, 1.807) is 13.0 Å². The highest BCUT2D eigenvalue weighted by Gasteiger charge is 2.31. The van der Waals surface area contributed by atoms with E-state index in [4.69, 9.17) is 0 Å². The molecule has 10 heteroatoms. The van der Waals surface area contributed by atoms with Crippen LogP contribution in [0.3, 0.4) is 0 Å². The summed E-state index contributed by atoms with van der Waals surface area (Å²) in [5.41, 5.74) is 1.15. The van der Waals surface area contributed by atoms with Crippen molar-refractivity contribution in [3.8, 4) is 5.75 Å². The van der Waals surface area contributed by atoms with Crippen LogP contribution in [-0.2, 0) is 16.6 Å². The van der Waals surface area contributed by atoms with Gasteiger partial charge in [0.05, 0.1) is 17.1 Å². The van der Waals surface area contributed by atoms with Crippen molar-refractivity contribution in [1.29, 1.82) is 0 Å². The van der Waals surface area contributed by atoms with Crippen LogP contribution in [0.5, 0.6) is 5.75 Å². The topological polar surface area (TPSA) is 81.2 Å². The largest absolute Gasteiger partial charge is 0.573 e. The minimum absolute atomic E-state index is 0.0630. The zero-order valence-corrected chi connectivity index (χ0v) is 12.6. The van der Waals surface area contributed by atoms with E-state index in [1.807, 2.05) is 0 Å². The lowest BCUT2D eigenvalue weighted by atomic mass is 10.3. The summed E-state index contributed by atoms with van der Waals surface area (Å²) in [6.07, 6.45) is -3.52. The highest BCUT2D eigenvalue weighted by molar-refractivity contribution is 7.89. The van der Waals surface area contributed by atoms with Gasteiger partial charge in [-0.05, 0) is 37.3 Å². The van der Waals surface area contributed by atoms with Gasteiger partial charge < -0.3 is 4.74 Å². The molecule has 1 aromatic carbocycles. The van der Waals surface area contributed by atoms with Gasteiger partial charge in [-0.3, -0.25) is 0 Å². The fraction of sp³-hybridized carbons (Fsp3) is 0.231. The van der Waals surface area contributed by atoms with Crippen LogP contribution in [0.25, 0.3) is 0 Å². The molecule has 0 spiro atoms. The Labute approximate surface area is 130 Å². The Kier molecular flexibility index (Phi) is 4.85. The fourth-order valence-electron chi connectivity index (χ4n) is 1.68. The van der Waals surface area contributed by atoms with Crippen molar-refractivity contribution < 1.29 is 26.3 Å². The smallest absolute Gasteiger partial charge is 0.406 e. The summed E-state index contributed by atoms with van der Waals surface area (Å²) < 4.78 is 66.3. The van der Waals surface area contributed by atoms with Gasteiger partial charge in [-0.2, -0.15) is 0 Å². The molecule has 0 aliphatic carbocycles. The number of ether oxygens (including phenoxy) is 1. The molecule has 1 heterocycles. The summed E-state index contributed by atoms with van der Waals surface area (Å²) in [5, 5.41) is 0. The van der Waals surface area contributed by atoms with Gasteiger partial charge in [-0.1, -0.05) is 0 Å². The average Bonchev–Trinajstić information content (AvgIpc) is 2.44. The van der Waals surface area contributed by atoms with Gasteiger partial charge in [0.25, 0.3) is 0 Å². The molecule has 23 heavy (non-hydrogen) atoms. The van der Waals surface area contributed by atoms with Crippen molar-refractivity contribution in [2.75, 3.05) is 0 Å². The Bertz CT molecular complexity index is 777. The normalized spacial score (nSPS) is 12.2. The first-order valence-electron chi connectivity index (χ1n) is 6.29. The van der Waals surface area contributed by atoms with E-state index in [0.717, 1.165) is 24.3 Å². The highest BCUT2D eigenvalue weighted by atomic mass is 32.2. The number of nitrogens with zero attached hydrogens (tertiary/aromatic N) is 2. The van der Waals surface area contributed by atoms with Gasteiger partial charge in [-0.15, -0.1) is 13.2 Å². The Morgan fingerprint density at radius 1 is 1.17 bits per heavy atom. The lowest BCUT2D eigenvalue weighted by Crippen LogP contribution is -2.24. The van der Waals surface area contributed by atoms with Crippen molar-refractivity contribution in [2.45, 2.75) is 24.7 Å². The molecule has 1 aromatic heterocycles. The first-order valence-corrected chi connectivity index (χ1v) is 7.77. The van der Waals surface area contributed by atoms with E-state index in [1.165, 1.54) is 6.33 Å². The minimum Gasteiger partial charge on any atom is -0.406 e. The molecule has 124 valence electrons. The van der Waals surface area contributed by atoms with Crippen LogP contribution in [0, 0.1) is 6.92 Å². The average molecular weight is 347 g/mol. The molecule has 0 amide bonds. The number of nitrogens with one attached hydrogen (secondary N) is 1. The monoisotopic (exact) mass is 347 g/mol. The second-order valence-corrected chi connectivity index (χ2v) is 6.26. The first-order chi connectivity index (χ1) is 10.7. The number of halogens is 3. The maximum atomic E-state index is 12.1. The Hall–Kier alpha value is -2.20. The van der Waals surface area contributed by atoms with Crippen LogP contribution >= 0.6 is 0 Å². The van der Waals surface area contributed by atoms with E-state index in [9.17, 15) is 21.6 Å². The predicted octanol–water partition coefficient (Wildman–Crippen LogP) is 2.16. The molecule has 0 fully saturated rings. The van der Waals surface area contributed by atoms with E-state index < -0.39 is 22.1 Å². The number of sulfonamides is 1. The second kappa shape index (κ2) is 6.50. The molecule has 0 bridgehead atoms. The molecule has 6 nitrogen and oxygen atoms in total. The molecular weight excluding hydrogens is 335 g/mol. The summed E-state index contributed by atoms with van der Waals surface area (Å²) in [5.74, 6) is -0.497. The number of aryl methyl sites for hydroxylation is 1. The third kappa shape index (κ3) is 5.18. The van der Waals surface area contributed by atoms with Crippen LogP contribution in [0.4, 0.5) is 13.2 Å². The van der Waals surface area contributed by atoms with Gasteiger partial charge in [0.2, 0.25) is 10.0 Å². The molecule has 0 aliphatic heterocycles. The number of alkyl halides is 3. The highest BCUT2D eigenvalue weighted by Crippen LogP contribution is 2.23. The van der Waals surface area contributed by atoms with Crippen LogP contribution < -0.4 is 9.46 Å². The number of hydrogen-bond donors (Lipinski definition) is 1. The van der Waals surface area contributed by atoms with E-state index in [2.05, 4.69) is 19.4 Å². The molecule has 0 unspecified atom stereocenters. The maximum Gasteiger partial charge on any atom is 0.573 e. The lowest BCUT2D eigenvalue weighted by molar-refractivity contribution is -0.274. The molecule has 2 rings (SSSR count). The van der Waals surface area contributed by atoms with Crippen LogP contribution in [-0.4, -0.2) is 24.7 Å². The van der Waals surface area contributed by atoms with Crippen LogP contribution in [0.1, 0.15) is 11.4 Å². The lowest BCUT2D eigenvalue weighted by Gasteiger charge is -2.10. The third-order valence-electron chi connectivity index (χ3n) is 2.67. The van der Waals surface area contributed by atoms with Gasteiger partial charge in [0.15, 0.2) is 0 Å². The second-order valence-electron chi connectivity index (χ2n) is 4.49. The number of benzene rings is 1. The molecule has 0 saturated heterocycles. The zero-order chi connectivity index (χ0) is 17.1. The van der Waals surface area contributed by atoms with Crippen molar-refractivity contribution in [3.05, 3.63) is 48.0 Å². The van der Waals surface area contributed by atoms with Crippen LogP contribution in [0.15, 0.2) is 41.6 Å². The van der Waals surface area contributed by atoms with E-state index >= 15 is 0 Å². The predicted molar refractivity (Wildman–Crippen MR) is 73.9 cm³/mol. The molecule has 1 N–H and O–H groups in total. The fourth-order valence-corrected chi connectivity index (χ4v) is 2.68. The molecule has 2 aromatic rings. The van der Waals surface area contributed by atoms with Crippen molar-refractivity contribution in [2.24, 2.45) is 0 Å². The minimum atomic E-state index is -4.83. The van der Waals surface area contributed by atoms with Crippen LogP contribution in [0.2, 0.25) is 0 Å². The SMILES string of the molecule is Cc1cc(CNS(=O)(=O)c2ccc(OC(F)(F)F)cc2)ncn1. The Balaban J connectivity index is 2.07. The van der Waals surface area contributed by atoms with Gasteiger partial charge in [0, 0.05) is 5.69 Å². The number of rotatable bonds is 5. The standard InChI is InChI=1S/C13H12F3N3O3S/c1-9-6-10(18-8-17-9)7-19-23(20,21)12-4-2-11(3-5-12)22-13(14,15)16/h2-6,8,19H,7H2,1H3. The number of hydrogen-bond acceptors (Lipinski definition) is 5. The van der Waals surface area contributed by atoms with Gasteiger partial charge >= 0.3 is 6.36 Å². The first kappa shape index (κ1) is 17.2.